The van der Waals surface area contributed by atoms with E-state index in [1.807, 2.05) is 60.7 Å². The van der Waals surface area contributed by atoms with Crippen molar-refractivity contribution in [3.05, 3.63) is 71.8 Å². The zero-order valence-electron chi connectivity index (χ0n) is 14.2. The molecule has 130 valence electrons. The van der Waals surface area contributed by atoms with Crippen molar-refractivity contribution < 1.29 is 14.6 Å². The van der Waals surface area contributed by atoms with E-state index in [1.165, 1.54) is 0 Å². The molecule has 1 heterocycles. The van der Waals surface area contributed by atoms with Crippen LogP contribution in [-0.4, -0.2) is 35.6 Å². The topological polar surface area (TPSA) is 49.8 Å². The van der Waals surface area contributed by atoms with Gasteiger partial charge in [0.05, 0.1) is 0 Å². The lowest BCUT2D eigenvalue weighted by Gasteiger charge is -2.13. The number of hydrogen-bond acceptors (Lipinski definition) is 3. The van der Waals surface area contributed by atoms with Crippen LogP contribution in [0.5, 0.6) is 5.75 Å². The fourth-order valence-electron chi connectivity index (χ4n) is 2.90. The lowest BCUT2D eigenvalue weighted by atomic mass is 10.1. The minimum atomic E-state index is -0.00782. The highest BCUT2D eigenvalue weighted by Gasteiger charge is 2.23. The van der Waals surface area contributed by atoms with Crippen molar-refractivity contribution >= 4 is 12.0 Å². The zero-order valence-corrected chi connectivity index (χ0v) is 14.2. The van der Waals surface area contributed by atoms with Gasteiger partial charge in [-0.1, -0.05) is 42.5 Å². The predicted molar refractivity (Wildman–Crippen MR) is 98.0 cm³/mol. The molecule has 3 rings (SSSR count). The van der Waals surface area contributed by atoms with E-state index in [-0.39, 0.29) is 18.4 Å². The number of ether oxygens (including phenoxy) is 1. The minimum Gasteiger partial charge on any atom is -0.489 e. The summed E-state index contributed by atoms with van der Waals surface area (Å²) in [6.45, 7) is 2.02. The van der Waals surface area contributed by atoms with Crippen molar-refractivity contribution in [2.75, 3.05) is 19.7 Å². The summed E-state index contributed by atoms with van der Waals surface area (Å²) in [5.74, 6) is 0.985. The van der Waals surface area contributed by atoms with Gasteiger partial charge in [-0.15, -0.1) is 0 Å². The van der Waals surface area contributed by atoms with Gasteiger partial charge >= 0.3 is 0 Å². The Balaban J connectivity index is 1.57. The smallest absolute Gasteiger partial charge is 0.246 e. The fraction of sp³-hybridized carbons (Fsp3) is 0.286. The Morgan fingerprint density at radius 1 is 1.20 bits per heavy atom. The Morgan fingerprint density at radius 2 is 2.04 bits per heavy atom. The normalized spacial score (nSPS) is 17.2. The van der Waals surface area contributed by atoms with Gasteiger partial charge in [-0.25, -0.2) is 0 Å². The minimum absolute atomic E-state index is 0.00782. The van der Waals surface area contributed by atoms with Gasteiger partial charge in [0.15, 0.2) is 0 Å². The Morgan fingerprint density at radius 3 is 2.80 bits per heavy atom. The molecule has 0 aromatic heterocycles. The van der Waals surface area contributed by atoms with Crippen LogP contribution in [0.2, 0.25) is 0 Å². The SMILES string of the molecule is O=C(/C=C/c1cccc(OCc2ccccc2)c1)N1CCC(CO)C1. The number of carbonyl (C=O) groups is 1. The molecule has 25 heavy (non-hydrogen) atoms. The highest BCUT2D eigenvalue weighted by atomic mass is 16.5. The Bertz CT molecular complexity index is 727. The van der Waals surface area contributed by atoms with Crippen LogP contribution in [0.25, 0.3) is 6.08 Å². The van der Waals surface area contributed by atoms with Gasteiger partial charge in [0, 0.05) is 31.7 Å². The quantitative estimate of drug-likeness (QED) is 0.824. The lowest BCUT2D eigenvalue weighted by Crippen LogP contribution is -2.27. The van der Waals surface area contributed by atoms with Gasteiger partial charge in [0.1, 0.15) is 12.4 Å². The highest BCUT2D eigenvalue weighted by Crippen LogP contribution is 2.18. The molecule has 0 radical (unpaired) electrons. The number of likely N-dealkylation sites (tertiary alicyclic amines) is 1. The van der Waals surface area contributed by atoms with Crippen molar-refractivity contribution in [1.29, 1.82) is 0 Å². The maximum absolute atomic E-state index is 12.2. The molecule has 1 aliphatic rings. The van der Waals surface area contributed by atoms with E-state index in [4.69, 9.17) is 9.84 Å². The molecule has 1 atom stereocenters. The van der Waals surface area contributed by atoms with Crippen LogP contribution >= 0.6 is 0 Å². The van der Waals surface area contributed by atoms with Crippen LogP contribution in [0.4, 0.5) is 0 Å². The van der Waals surface area contributed by atoms with Crippen LogP contribution in [0, 0.1) is 5.92 Å². The number of nitrogens with zero attached hydrogens (tertiary/aromatic N) is 1. The first-order valence-electron chi connectivity index (χ1n) is 8.59. The molecular weight excluding hydrogens is 314 g/mol. The molecule has 4 heteroatoms. The number of aliphatic hydroxyl groups excluding tert-OH is 1. The van der Waals surface area contributed by atoms with E-state index in [9.17, 15) is 4.79 Å². The summed E-state index contributed by atoms with van der Waals surface area (Å²) in [6, 6.07) is 17.7. The predicted octanol–water partition coefficient (Wildman–Crippen LogP) is 3.12. The van der Waals surface area contributed by atoms with Crippen molar-refractivity contribution in [3.8, 4) is 5.75 Å². The van der Waals surface area contributed by atoms with Gasteiger partial charge < -0.3 is 14.7 Å². The van der Waals surface area contributed by atoms with E-state index >= 15 is 0 Å². The molecule has 1 unspecified atom stereocenters. The maximum Gasteiger partial charge on any atom is 0.246 e. The van der Waals surface area contributed by atoms with Gasteiger partial charge in [-0.3, -0.25) is 4.79 Å². The first-order chi connectivity index (χ1) is 12.2. The summed E-state index contributed by atoms with van der Waals surface area (Å²) in [7, 11) is 0. The van der Waals surface area contributed by atoms with E-state index in [0.717, 1.165) is 23.3 Å². The Hall–Kier alpha value is -2.59. The molecule has 1 aliphatic heterocycles. The second kappa shape index (κ2) is 8.49. The molecule has 2 aromatic carbocycles. The van der Waals surface area contributed by atoms with Crippen molar-refractivity contribution in [2.24, 2.45) is 5.92 Å². The second-order valence-corrected chi connectivity index (χ2v) is 6.30. The molecule has 1 saturated heterocycles. The molecular formula is C21H23NO3. The first-order valence-corrected chi connectivity index (χ1v) is 8.59. The highest BCUT2D eigenvalue weighted by molar-refractivity contribution is 5.92. The molecule has 4 nitrogen and oxygen atoms in total. The van der Waals surface area contributed by atoms with Crippen LogP contribution in [-0.2, 0) is 11.4 Å². The van der Waals surface area contributed by atoms with Gasteiger partial charge in [-0.05, 0) is 35.8 Å². The summed E-state index contributed by atoms with van der Waals surface area (Å²) < 4.78 is 5.81. The maximum atomic E-state index is 12.2. The summed E-state index contributed by atoms with van der Waals surface area (Å²) in [5.41, 5.74) is 2.04. The molecule has 1 N–H and O–H groups in total. The molecule has 1 fully saturated rings. The summed E-state index contributed by atoms with van der Waals surface area (Å²) >= 11 is 0. The van der Waals surface area contributed by atoms with E-state index in [0.29, 0.717) is 19.7 Å². The third-order valence-corrected chi connectivity index (χ3v) is 4.38. The van der Waals surface area contributed by atoms with Crippen LogP contribution in [0.1, 0.15) is 17.5 Å². The zero-order chi connectivity index (χ0) is 17.5. The Labute approximate surface area is 148 Å². The third kappa shape index (κ3) is 4.94. The molecule has 0 spiro atoms. The average molecular weight is 337 g/mol. The number of benzene rings is 2. The van der Waals surface area contributed by atoms with E-state index in [1.54, 1.807) is 11.0 Å². The molecule has 0 saturated carbocycles. The molecule has 1 amide bonds. The monoisotopic (exact) mass is 337 g/mol. The second-order valence-electron chi connectivity index (χ2n) is 6.30. The Kier molecular flexibility index (Phi) is 5.86. The molecule has 0 bridgehead atoms. The van der Waals surface area contributed by atoms with Gasteiger partial charge in [0.2, 0.25) is 5.91 Å². The van der Waals surface area contributed by atoms with Gasteiger partial charge in [0.25, 0.3) is 0 Å². The number of amides is 1. The summed E-state index contributed by atoms with van der Waals surface area (Å²) in [4.78, 5) is 14.0. The molecule has 0 aliphatic carbocycles. The fourth-order valence-corrected chi connectivity index (χ4v) is 2.90. The van der Waals surface area contributed by atoms with Crippen molar-refractivity contribution in [3.63, 3.8) is 0 Å². The van der Waals surface area contributed by atoms with E-state index in [2.05, 4.69) is 0 Å². The molecule has 2 aromatic rings. The largest absolute Gasteiger partial charge is 0.489 e. The van der Waals surface area contributed by atoms with Gasteiger partial charge in [-0.2, -0.15) is 0 Å². The number of carbonyl (C=O) groups excluding carboxylic acids is 1. The number of hydrogen-bond donors (Lipinski definition) is 1. The lowest BCUT2D eigenvalue weighted by molar-refractivity contribution is -0.125. The first kappa shape index (κ1) is 17.2. The number of rotatable bonds is 6. The van der Waals surface area contributed by atoms with Crippen LogP contribution in [0.15, 0.2) is 60.7 Å². The van der Waals surface area contributed by atoms with E-state index < -0.39 is 0 Å². The standard InChI is InChI=1S/C21H23NO3/c23-15-19-11-12-22(14-19)21(24)10-9-17-7-4-8-20(13-17)25-16-18-5-2-1-3-6-18/h1-10,13,19,23H,11-12,14-16H2/b10-9+. The van der Waals surface area contributed by atoms with Crippen LogP contribution < -0.4 is 4.74 Å². The van der Waals surface area contributed by atoms with Crippen molar-refractivity contribution in [2.45, 2.75) is 13.0 Å². The van der Waals surface area contributed by atoms with Crippen LogP contribution in [0.3, 0.4) is 0 Å². The summed E-state index contributed by atoms with van der Waals surface area (Å²) in [5, 5.41) is 9.17. The third-order valence-electron chi connectivity index (χ3n) is 4.38. The summed E-state index contributed by atoms with van der Waals surface area (Å²) in [6.07, 6.45) is 4.28. The number of aliphatic hydroxyl groups is 1. The van der Waals surface area contributed by atoms with Crippen molar-refractivity contribution in [1.82, 2.24) is 4.90 Å². The average Bonchev–Trinajstić information content (AvgIpc) is 3.15.